The highest BCUT2D eigenvalue weighted by Gasteiger charge is 2.22. The molecule has 3 aromatic rings. The highest BCUT2D eigenvalue weighted by atomic mass is 79.9. The summed E-state index contributed by atoms with van der Waals surface area (Å²) in [4.78, 5) is 0.756. The van der Waals surface area contributed by atoms with E-state index in [1.165, 1.54) is 21.1 Å². The number of fused-ring (bicyclic) bond motifs is 3. The summed E-state index contributed by atoms with van der Waals surface area (Å²) in [7, 11) is -1.21. The van der Waals surface area contributed by atoms with Gasteiger partial charge in [0.05, 0.1) is 22.7 Å². The third-order valence-corrected chi connectivity index (χ3v) is 7.43. The van der Waals surface area contributed by atoms with E-state index in [9.17, 15) is 9.32 Å². The molecule has 0 spiro atoms. The van der Waals surface area contributed by atoms with E-state index in [0.717, 1.165) is 27.7 Å². The zero-order valence-electron chi connectivity index (χ0n) is 14.6. The Bertz CT molecular complexity index is 1040. The van der Waals surface area contributed by atoms with Crippen molar-refractivity contribution in [1.82, 2.24) is 4.57 Å². The molecule has 0 amide bonds. The molecule has 3 nitrogen and oxygen atoms in total. The summed E-state index contributed by atoms with van der Waals surface area (Å²) in [5.74, 6) is 0.231. The van der Waals surface area contributed by atoms with Crippen LogP contribution in [-0.2, 0) is 23.8 Å². The first-order valence-electron chi connectivity index (χ1n) is 8.81. The van der Waals surface area contributed by atoms with E-state index in [4.69, 9.17) is 0 Å². The van der Waals surface area contributed by atoms with Gasteiger partial charge in [0, 0.05) is 38.1 Å². The number of nitrogens with zero attached hydrogens (tertiary/aromatic N) is 1. The standard InChI is InChI=1S/C21H19Br2NO2S/c22-14-6-8-20-18(10-14)19-11-15(23)7-9-21(19)24(20)12-16(25)13-27(26)17-4-2-1-3-5-17/h1-6,8,10-11,16,25H,7,9,12-13H2. The minimum absolute atomic E-state index is 0.231. The summed E-state index contributed by atoms with van der Waals surface area (Å²) in [5, 5.41) is 11.8. The number of benzene rings is 2. The van der Waals surface area contributed by atoms with Crippen LogP contribution in [0.3, 0.4) is 0 Å². The molecule has 1 aliphatic rings. The van der Waals surface area contributed by atoms with Crippen molar-refractivity contribution >= 4 is 59.6 Å². The van der Waals surface area contributed by atoms with Gasteiger partial charge >= 0.3 is 0 Å². The normalized spacial score (nSPS) is 16.0. The van der Waals surface area contributed by atoms with Crippen molar-refractivity contribution < 1.29 is 9.32 Å². The second kappa shape index (κ2) is 8.03. The number of allylic oxidation sites excluding steroid dienone is 1. The van der Waals surface area contributed by atoms with Crippen LogP contribution in [0.4, 0.5) is 0 Å². The van der Waals surface area contributed by atoms with Gasteiger partial charge in [0.1, 0.15) is 0 Å². The van der Waals surface area contributed by atoms with Crippen LogP contribution in [-0.4, -0.2) is 25.7 Å². The minimum Gasteiger partial charge on any atom is -0.390 e. The fraction of sp³-hybridized carbons (Fsp3) is 0.238. The lowest BCUT2D eigenvalue weighted by Gasteiger charge is -2.18. The molecule has 0 bridgehead atoms. The monoisotopic (exact) mass is 507 g/mol. The van der Waals surface area contributed by atoms with E-state index in [1.54, 1.807) is 0 Å². The van der Waals surface area contributed by atoms with Crippen LogP contribution in [0.15, 0.2) is 62.4 Å². The van der Waals surface area contributed by atoms with Gasteiger partial charge in [0.2, 0.25) is 0 Å². The molecule has 2 atom stereocenters. The van der Waals surface area contributed by atoms with Crippen LogP contribution in [0, 0.1) is 0 Å². The van der Waals surface area contributed by atoms with Crippen molar-refractivity contribution in [2.24, 2.45) is 0 Å². The maximum atomic E-state index is 12.5. The Morgan fingerprint density at radius 3 is 2.67 bits per heavy atom. The SMILES string of the molecule is O=S(CC(O)Cn1c2c(c3cc(Br)ccc31)C=C(Br)CC2)c1ccccc1. The molecule has 6 heteroatoms. The van der Waals surface area contributed by atoms with Crippen LogP contribution in [0.1, 0.15) is 17.7 Å². The highest BCUT2D eigenvalue weighted by Crippen LogP contribution is 2.36. The summed E-state index contributed by atoms with van der Waals surface area (Å²) < 4.78 is 17.0. The minimum atomic E-state index is -1.21. The molecule has 0 saturated carbocycles. The number of hydrogen-bond acceptors (Lipinski definition) is 2. The van der Waals surface area contributed by atoms with E-state index in [2.05, 4.69) is 54.6 Å². The number of halogens is 2. The van der Waals surface area contributed by atoms with Gasteiger partial charge in [0.25, 0.3) is 0 Å². The number of rotatable bonds is 5. The summed E-state index contributed by atoms with van der Waals surface area (Å²) in [6.45, 7) is 0.442. The highest BCUT2D eigenvalue weighted by molar-refractivity contribution is 9.11. The number of aliphatic hydroxyl groups is 1. The molecule has 1 heterocycles. The average molecular weight is 509 g/mol. The third-order valence-electron chi connectivity index (χ3n) is 4.82. The molecule has 0 aliphatic heterocycles. The molecule has 0 radical (unpaired) electrons. The van der Waals surface area contributed by atoms with Crippen LogP contribution in [0.5, 0.6) is 0 Å². The van der Waals surface area contributed by atoms with E-state index in [1.807, 2.05) is 36.4 Å². The molecule has 1 aliphatic carbocycles. The zero-order valence-corrected chi connectivity index (χ0v) is 18.6. The predicted molar refractivity (Wildman–Crippen MR) is 119 cm³/mol. The molecule has 0 fully saturated rings. The van der Waals surface area contributed by atoms with Crippen molar-refractivity contribution in [1.29, 1.82) is 0 Å². The van der Waals surface area contributed by atoms with Gasteiger partial charge < -0.3 is 9.67 Å². The fourth-order valence-electron chi connectivity index (χ4n) is 3.62. The smallest absolute Gasteiger partial charge is 0.0837 e. The van der Waals surface area contributed by atoms with Crippen molar-refractivity contribution in [3.05, 3.63) is 68.7 Å². The maximum Gasteiger partial charge on any atom is 0.0837 e. The first-order valence-corrected chi connectivity index (χ1v) is 11.7. The average Bonchev–Trinajstić information content (AvgIpc) is 2.94. The molecule has 4 rings (SSSR count). The number of aliphatic hydroxyl groups excluding tert-OH is 1. The second-order valence-electron chi connectivity index (χ2n) is 6.70. The quantitative estimate of drug-likeness (QED) is 0.511. The summed E-state index contributed by atoms with van der Waals surface area (Å²) >= 11 is 7.19. The lowest BCUT2D eigenvalue weighted by Crippen LogP contribution is -2.24. The molecular weight excluding hydrogens is 490 g/mol. The second-order valence-corrected chi connectivity index (χ2v) is 10.1. The van der Waals surface area contributed by atoms with Crippen molar-refractivity contribution in [2.75, 3.05) is 5.75 Å². The molecular formula is C21H19Br2NO2S. The molecule has 1 N–H and O–H groups in total. The van der Waals surface area contributed by atoms with Gasteiger partial charge in [-0.2, -0.15) is 0 Å². The van der Waals surface area contributed by atoms with Gasteiger partial charge in [-0.25, -0.2) is 0 Å². The van der Waals surface area contributed by atoms with Crippen molar-refractivity contribution in [3.8, 4) is 0 Å². The van der Waals surface area contributed by atoms with Crippen LogP contribution in [0.25, 0.3) is 17.0 Å². The summed E-state index contributed by atoms with van der Waals surface area (Å²) in [5.41, 5.74) is 3.54. The Morgan fingerprint density at radius 2 is 1.89 bits per heavy atom. The van der Waals surface area contributed by atoms with Gasteiger partial charge in [-0.3, -0.25) is 4.21 Å². The topological polar surface area (TPSA) is 42.2 Å². The van der Waals surface area contributed by atoms with Crippen LogP contribution >= 0.6 is 31.9 Å². The van der Waals surface area contributed by atoms with Gasteiger partial charge in [-0.1, -0.05) is 50.1 Å². The molecule has 1 aromatic heterocycles. The van der Waals surface area contributed by atoms with E-state index in [-0.39, 0.29) is 5.75 Å². The fourth-order valence-corrected chi connectivity index (χ4v) is 5.51. The lowest BCUT2D eigenvalue weighted by atomic mass is 10.0. The van der Waals surface area contributed by atoms with Gasteiger partial charge in [0.15, 0.2) is 0 Å². The summed E-state index contributed by atoms with van der Waals surface area (Å²) in [6.07, 6.45) is 3.38. The Morgan fingerprint density at radius 1 is 1.11 bits per heavy atom. The van der Waals surface area contributed by atoms with Crippen molar-refractivity contribution in [2.45, 2.75) is 30.4 Å². The first-order chi connectivity index (χ1) is 13.0. The Kier molecular flexibility index (Phi) is 5.69. The first kappa shape index (κ1) is 19.1. The number of hydrogen-bond donors (Lipinski definition) is 1. The maximum absolute atomic E-state index is 12.5. The molecule has 140 valence electrons. The van der Waals surface area contributed by atoms with Crippen LogP contribution < -0.4 is 0 Å². The Labute approximate surface area is 177 Å². The lowest BCUT2D eigenvalue weighted by molar-refractivity contribution is 0.177. The summed E-state index contributed by atoms with van der Waals surface area (Å²) in [6, 6.07) is 15.6. The predicted octanol–water partition coefficient (Wildman–Crippen LogP) is 5.25. The van der Waals surface area contributed by atoms with E-state index in [0.29, 0.717) is 6.54 Å². The van der Waals surface area contributed by atoms with Crippen LogP contribution in [0.2, 0.25) is 0 Å². The number of aromatic nitrogens is 1. The van der Waals surface area contributed by atoms with Crippen molar-refractivity contribution in [3.63, 3.8) is 0 Å². The van der Waals surface area contributed by atoms with E-state index >= 15 is 0 Å². The third kappa shape index (κ3) is 3.99. The van der Waals surface area contributed by atoms with E-state index < -0.39 is 16.9 Å². The molecule has 2 aromatic carbocycles. The Balaban J connectivity index is 1.65. The molecule has 27 heavy (non-hydrogen) atoms. The van der Waals surface area contributed by atoms with Gasteiger partial charge in [-0.05, 0) is 53.7 Å². The molecule has 0 saturated heterocycles. The largest absolute Gasteiger partial charge is 0.390 e. The van der Waals surface area contributed by atoms with Gasteiger partial charge in [-0.15, -0.1) is 0 Å². The Hall–Kier alpha value is -1.21. The molecule has 2 unspecified atom stereocenters. The zero-order chi connectivity index (χ0) is 19.0.